The molecule has 0 aromatic carbocycles. The first-order valence-electron chi connectivity index (χ1n) is 4.15. The van der Waals surface area contributed by atoms with Gasteiger partial charge in [0.25, 0.3) is 0 Å². The molecule has 0 aromatic heterocycles. The van der Waals surface area contributed by atoms with Crippen LogP contribution in [0.3, 0.4) is 0 Å². The SMILES string of the molecule is [CH2][CH][CH2].[CH]1[CH][CH][CH][CH]1.[CH]1[CH][CH][CH][CH]1.[Sm]. The van der Waals surface area contributed by atoms with Gasteiger partial charge in [-0.15, -0.1) is 0 Å². The summed E-state index contributed by atoms with van der Waals surface area (Å²) >= 11 is 0. The van der Waals surface area contributed by atoms with Crippen molar-refractivity contribution < 1.29 is 40.4 Å². The van der Waals surface area contributed by atoms with E-state index in [4.69, 9.17) is 0 Å². The zero-order valence-electron chi connectivity index (χ0n) is 8.17. The summed E-state index contributed by atoms with van der Waals surface area (Å²) in [5.41, 5.74) is 0. The van der Waals surface area contributed by atoms with E-state index in [1.165, 1.54) is 6.42 Å². The predicted octanol–water partition coefficient (Wildman–Crippen LogP) is 2.90. The van der Waals surface area contributed by atoms with Gasteiger partial charge in [-0.25, -0.2) is 0 Å². The van der Waals surface area contributed by atoms with Gasteiger partial charge >= 0.3 is 0 Å². The predicted molar refractivity (Wildman–Crippen MR) is 58.0 cm³/mol. The zero-order valence-corrected chi connectivity index (χ0v) is 10.8. The summed E-state index contributed by atoms with van der Waals surface area (Å²) in [7, 11) is 0. The molecule has 0 nitrogen and oxygen atoms in total. The molecule has 0 unspecified atom stereocenters. The third kappa shape index (κ3) is 15.8. The molecule has 0 saturated heterocycles. The van der Waals surface area contributed by atoms with Gasteiger partial charge < -0.3 is 0 Å². The smallest absolute Gasteiger partial charge is 0 e. The standard InChI is InChI=1S/2C5H5.C3H5.Sm/c2*1-2-4-5-3-1;1-3-2;/h2*1-5H;3H,1-2H2;. The molecule has 0 spiro atoms. The minimum atomic E-state index is 0. The Bertz CT molecular complexity index is 48.1. The maximum absolute atomic E-state index is 3.25. The molecule has 2 saturated carbocycles. The molecule has 0 atom stereocenters. The first-order valence-corrected chi connectivity index (χ1v) is 4.15. The number of hydrogen-bond acceptors (Lipinski definition) is 0. The maximum Gasteiger partial charge on any atom is 0 e. The van der Waals surface area contributed by atoms with E-state index in [2.05, 4.69) is 13.8 Å². The van der Waals surface area contributed by atoms with Gasteiger partial charge in [0, 0.05) is 40.4 Å². The molecular formula is C13H15Sm. The van der Waals surface area contributed by atoms with Crippen LogP contribution in [0.15, 0.2) is 0 Å². The monoisotopic (exact) mass is 323 g/mol. The molecule has 13 radical (unpaired) electrons. The Morgan fingerprint density at radius 1 is 0.500 bits per heavy atom. The van der Waals surface area contributed by atoms with Gasteiger partial charge in [-0.3, -0.25) is 0 Å². The third-order valence-electron chi connectivity index (χ3n) is 1.11. The Hall–Kier alpha value is 1.34. The van der Waals surface area contributed by atoms with Crippen molar-refractivity contribution in [3.63, 3.8) is 0 Å². The van der Waals surface area contributed by atoms with Crippen LogP contribution in [0.5, 0.6) is 0 Å². The van der Waals surface area contributed by atoms with Crippen LogP contribution in [0.1, 0.15) is 0 Å². The van der Waals surface area contributed by atoms with Gasteiger partial charge in [-0.05, 0) is 84.5 Å². The summed E-state index contributed by atoms with van der Waals surface area (Å²) in [6.45, 7) is 6.50. The fraction of sp³-hybridized carbons (Fsp3) is 0. The molecule has 0 N–H and O–H groups in total. The Morgan fingerprint density at radius 2 is 0.571 bits per heavy atom. The van der Waals surface area contributed by atoms with Crippen LogP contribution in [0, 0.1) is 125 Å². The van der Waals surface area contributed by atoms with Crippen LogP contribution in [-0.2, 0) is 0 Å². The molecule has 1 heteroatoms. The van der Waals surface area contributed by atoms with Crippen LogP contribution < -0.4 is 0 Å². The summed E-state index contributed by atoms with van der Waals surface area (Å²) < 4.78 is 0. The van der Waals surface area contributed by atoms with Crippen molar-refractivity contribution in [3.8, 4) is 0 Å². The first kappa shape index (κ1) is 17.7. The Kier molecular flexibility index (Phi) is 21.2. The fourth-order valence-electron chi connectivity index (χ4n) is 0.642. The van der Waals surface area contributed by atoms with E-state index in [9.17, 15) is 0 Å². The second-order valence-corrected chi connectivity index (χ2v) is 2.21. The normalized spacial score (nSPS) is 18.4. The van der Waals surface area contributed by atoms with E-state index >= 15 is 0 Å². The van der Waals surface area contributed by atoms with Gasteiger partial charge in [0.05, 0.1) is 0 Å². The van der Waals surface area contributed by atoms with E-state index in [1.54, 1.807) is 0 Å². The average molecular weight is 322 g/mol. The number of hydrogen-bond donors (Lipinski definition) is 0. The van der Waals surface area contributed by atoms with E-state index in [-0.39, 0.29) is 40.4 Å². The molecule has 0 aromatic rings. The van der Waals surface area contributed by atoms with Gasteiger partial charge in [0.1, 0.15) is 0 Å². The molecule has 0 amide bonds. The molecule has 2 fully saturated rings. The minimum absolute atomic E-state index is 0. The molecule has 0 heterocycles. The number of rotatable bonds is 0. The second-order valence-electron chi connectivity index (χ2n) is 2.21. The van der Waals surface area contributed by atoms with Crippen LogP contribution in [-0.4, -0.2) is 0 Å². The van der Waals surface area contributed by atoms with Crippen molar-refractivity contribution in [2.75, 3.05) is 0 Å². The van der Waals surface area contributed by atoms with Crippen LogP contribution in [0.4, 0.5) is 0 Å². The molecule has 73 valence electrons. The molecule has 14 heavy (non-hydrogen) atoms. The van der Waals surface area contributed by atoms with Crippen LogP contribution in [0.25, 0.3) is 0 Å². The van der Waals surface area contributed by atoms with Gasteiger partial charge in [-0.2, -0.15) is 0 Å². The summed E-state index contributed by atoms with van der Waals surface area (Å²) in [5.74, 6) is 0. The van der Waals surface area contributed by atoms with Crippen molar-refractivity contribution >= 4 is 0 Å². The Morgan fingerprint density at radius 3 is 0.643 bits per heavy atom. The maximum atomic E-state index is 3.25. The summed E-state index contributed by atoms with van der Waals surface area (Å²) in [5, 5.41) is 0. The zero-order chi connectivity index (χ0) is 9.78. The molecule has 0 aliphatic heterocycles. The van der Waals surface area contributed by atoms with Gasteiger partial charge in [0.15, 0.2) is 0 Å². The van der Waals surface area contributed by atoms with Crippen molar-refractivity contribution in [2.24, 2.45) is 0 Å². The Balaban J connectivity index is 0. The molecule has 2 aliphatic carbocycles. The average Bonchev–Trinajstić information content (AvgIpc) is 2.85. The van der Waals surface area contributed by atoms with Gasteiger partial charge in [0.2, 0.25) is 0 Å². The van der Waals surface area contributed by atoms with E-state index in [0.29, 0.717) is 0 Å². The first-order chi connectivity index (χ1) is 6.41. The molecule has 0 bridgehead atoms. The van der Waals surface area contributed by atoms with Crippen molar-refractivity contribution in [1.82, 2.24) is 0 Å². The summed E-state index contributed by atoms with van der Waals surface area (Å²) in [6.07, 6.45) is 21.5. The Labute approximate surface area is 124 Å². The van der Waals surface area contributed by atoms with E-state index in [0.717, 1.165) is 0 Å². The topological polar surface area (TPSA) is 0 Å². The third-order valence-corrected chi connectivity index (χ3v) is 1.11. The second kappa shape index (κ2) is 16.8. The molecular weight excluding hydrogens is 307 g/mol. The van der Waals surface area contributed by atoms with Crippen molar-refractivity contribution in [2.45, 2.75) is 0 Å². The van der Waals surface area contributed by atoms with E-state index < -0.39 is 0 Å². The molecule has 2 aliphatic rings. The van der Waals surface area contributed by atoms with Crippen molar-refractivity contribution in [1.29, 1.82) is 0 Å². The van der Waals surface area contributed by atoms with Crippen molar-refractivity contribution in [3.05, 3.63) is 84.5 Å². The quantitative estimate of drug-likeness (QED) is 0.643. The summed E-state index contributed by atoms with van der Waals surface area (Å²) in [4.78, 5) is 0. The van der Waals surface area contributed by atoms with Gasteiger partial charge in [-0.1, -0.05) is 0 Å². The molecule has 2 rings (SSSR count). The van der Waals surface area contributed by atoms with E-state index in [1.807, 2.05) is 64.2 Å². The van der Waals surface area contributed by atoms with Crippen LogP contribution in [0.2, 0.25) is 0 Å². The largest absolute Gasteiger partial charge is 0.0499 e. The minimum Gasteiger partial charge on any atom is -0.0499 e. The fourth-order valence-corrected chi connectivity index (χ4v) is 0.642. The van der Waals surface area contributed by atoms with Crippen LogP contribution >= 0.6 is 0 Å². The summed E-state index contributed by atoms with van der Waals surface area (Å²) in [6, 6.07) is 0.